The third kappa shape index (κ3) is 2.90. The molecule has 0 saturated heterocycles. The minimum Gasteiger partial charge on any atom is -0.469 e. The molecule has 5 heteroatoms. The zero-order chi connectivity index (χ0) is 15.6. The number of nitrogens with zero attached hydrogens (tertiary/aromatic N) is 1. The number of benzene rings is 1. The molecule has 0 aliphatic heterocycles. The average Bonchev–Trinajstić information content (AvgIpc) is 3.02. The topological polar surface area (TPSA) is 68.3 Å². The first-order valence-corrected chi connectivity index (χ1v) is 7.62. The van der Waals surface area contributed by atoms with Crippen LogP contribution in [0.2, 0.25) is 0 Å². The predicted molar refractivity (Wildman–Crippen MR) is 83.3 cm³/mol. The second-order valence-corrected chi connectivity index (χ2v) is 5.67. The van der Waals surface area contributed by atoms with E-state index in [0.29, 0.717) is 18.2 Å². The summed E-state index contributed by atoms with van der Waals surface area (Å²) in [5.74, 6) is 2.31. The summed E-state index contributed by atoms with van der Waals surface area (Å²) in [7, 11) is 0. The third-order valence-electron chi connectivity index (χ3n) is 4.06. The Morgan fingerprint density at radius 2 is 2.09 bits per heavy atom. The maximum Gasteiger partial charge on any atom is 0.224 e. The van der Waals surface area contributed by atoms with Crippen LogP contribution in [0.5, 0.6) is 0 Å². The van der Waals surface area contributed by atoms with Gasteiger partial charge < -0.3 is 14.2 Å². The smallest absolute Gasteiger partial charge is 0.224 e. The highest BCUT2D eigenvalue weighted by Gasteiger charge is 2.45. The number of rotatable bonds is 5. The quantitative estimate of drug-likeness (QED) is 0.785. The number of hydrogen-bond donors (Lipinski definition) is 1. The van der Waals surface area contributed by atoms with Gasteiger partial charge in [-0.3, -0.25) is 4.79 Å². The van der Waals surface area contributed by atoms with Crippen LogP contribution in [0, 0.1) is 5.92 Å². The third-order valence-corrected chi connectivity index (χ3v) is 4.06. The van der Waals surface area contributed by atoms with E-state index in [0.717, 1.165) is 17.7 Å². The maximum absolute atomic E-state index is 12.1. The fraction of sp³-hybridized carbons (Fsp3) is 0.222. The molecule has 0 radical (unpaired) electrons. The van der Waals surface area contributed by atoms with Crippen LogP contribution in [0.3, 0.4) is 0 Å². The number of hydrogen-bond acceptors (Lipinski definition) is 4. The van der Waals surface area contributed by atoms with Crippen molar-refractivity contribution in [1.82, 2.24) is 10.3 Å². The summed E-state index contributed by atoms with van der Waals surface area (Å²) in [6.45, 7) is 0.299. The maximum atomic E-state index is 12.1. The highest BCUT2D eigenvalue weighted by Crippen LogP contribution is 2.47. The van der Waals surface area contributed by atoms with Gasteiger partial charge in [0.25, 0.3) is 0 Å². The monoisotopic (exact) mass is 308 g/mol. The van der Waals surface area contributed by atoms with E-state index in [1.54, 1.807) is 12.5 Å². The van der Waals surface area contributed by atoms with E-state index >= 15 is 0 Å². The van der Waals surface area contributed by atoms with Crippen LogP contribution in [-0.4, -0.2) is 10.9 Å². The Labute approximate surface area is 133 Å². The van der Waals surface area contributed by atoms with Gasteiger partial charge in [0.05, 0.1) is 19.0 Å². The lowest BCUT2D eigenvalue weighted by Crippen LogP contribution is -2.24. The molecule has 0 bridgehead atoms. The lowest BCUT2D eigenvalue weighted by atomic mass is 10.2. The van der Waals surface area contributed by atoms with Crippen LogP contribution in [0.25, 0.3) is 11.3 Å². The van der Waals surface area contributed by atoms with E-state index in [4.69, 9.17) is 8.83 Å². The summed E-state index contributed by atoms with van der Waals surface area (Å²) < 4.78 is 11.0. The summed E-state index contributed by atoms with van der Waals surface area (Å²) in [4.78, 5) is 16.4. The molecule has 2 aromatic heterocycles. The second-order valence-electron chi connectivity index (χ2n) is 5.67. The zero-order valence-corrected chi connectivity index (χ0v) is 12.4. The standard InChI is InChI=1S/C18H16N2O3/c21-18(14-9-13(14)15-7-4-8-22-15)20-11-17-19-10-16(23-17)12-5-2-1-3-6-12/h1-8,10,13-14H,9,11H2,(H,20,21)/t13-,14-/m1/s1. The first-order chi connectivity index (χ1) is 11.3. The molecule has 1 fully saturated rings. The molecule has 4 rings (SSSR count). The fourth-order valence-corrected chi connectivity index (χ4v) is 2.72. The minimum absolute atomic E-state index is 0.00953. The molecule has 1 aliphatic rings. The van der Waals surface area contributed by atoms with Gasteiger partial charge in [0.2, 0.25) is 11.8 Å². The van der Waals surface area contributed by atoms with Gasteiger partial charge in [0.1, 0.15) is 5.76 Å². The van der Waals surface area contributed by atoms with Gasteiger partial charge in [-0.1, -0.05) is 30.3 Å². The number of carbonyl (C=O) groups is 1. The Morgan fingerprint density at radius 1 is 1.22 bits per heavy atom. The van der Waals surface area contributed by atoms with Crippen LogP contribution in [-0.2, 0) is 11.3 Å². The Kier molecular flexibility index (Phi) is 3.46. The summed E-state index contributed by atoms with van der Waals surface area (Å²) in [6, 6.07) is 13.5. The number of oxazole rings is 1. The van der Waals surface area contributed by atoms with Gasteiger partial charge in [-0.15, -0.1) is 0 Å². The van der Waals surface area contributed by atoms with Crippen LogP contribution < -0.4 is 5.32 Å². The van der Waals surface area contributed by atoms with Gasteiger partial charge in [0, 0.05) is 17.4 Å². The molecule has 1 amide bonds. The van der Waals surface area contributed by atoms with Crippen molar-refractivity contribution in [3.05, 3.63) is 66.6 Å². The molecule has 0 unspecified atom stereocenters. The van der Waals surface area contributed by atoms with Crippen molar-refractivity contribution in [3.8, 4) is 11.3 Å². The number of aromatic nitrogens is 1. The lowest BCUT2D eigenvalue weighted by Gasteiger charge is -2.01. The lowest BCUT2D eigenvalue weighted by molar-refractivity contribution is -0.122. The predicted octanol–water partition coefficient (Wildman–Crippen LogP) is 3.35. The largest absolute Gasteiger partial charge is 0.469 e. The zero-order valence-electron chi connectivity index (χ0n) is 12.4. The van der Waals surface area contributed by atoms with Crippen molar-refractivity contribution < 1.29 is 13.6 Å². The number of nitrogens with one attached hydrogen (secondary N) is 1. The summed E-state index contributed by atoms with van der Waals surface area (Å²) in [5, 5.41) is 2.88. The Morgan fingerprint density at radius 3 is 2.87 bits per heavy atom. The summed E-state index contributed by atoms with van der Waals surface area (Å²) >= 11 is 0. The van der Waals surface area contributed by atoms with Gasteiger partial charge in [-0.25, -0.2) is 4.98 Å². The second kappa shape index (κ2) is 5.76. The van der Waals surface area contributed by atoms with Crippen molar-refractivity contribution in [1.29, 1.82) is 0 Å². The van der Waals surface area contributed by atoms with Crippen molar-refractivity contribution in [2.45, 2.75) is 18.9 Å². The molecular formula is C18H16N2O3. The van der Waals surface area contributed by atoms with E-state index in [-0.39, 0.29) is 17.7 Å². The molecule has 1 aliphatic carbocycles. The Balaban J connectivity index is 1.33. The van der Waals surface area contributed by atoms with Crippen LogP contribution >= 0.6 is 0 Å². The molecule has 116 valence electrons. The molecule has 2 heterocycles. The molecule has 0 spiro atoms. The van der Waals surface area contributed by atoms with Gasteiger partial charge >= 0.3 is 0 Å². The molecule has 1 saturated carbocycles. The first kappa shape index (κ1) is 13.8. The highest BCUT2D eigenvalue weighted by atomic mass is 16.4. The van der Waals surface area contributed by atoms with E-state index in [9.17, 15) is 4.79 Å². The normalized spacial score (nSPS) is 19.5. The van der Waals surface area contributed by atoms with Gasteiger partial charge in [-0.05, 0) is 18.6 Å². The minimum atomic E-state index is -0.00953. The first-order valence-electron chi connectivity index (χ1n) is 7.62. The number of amides is 1. The van der Waals surface area contributed by atoms with Crippen molar-refractivity contribution >= 4 is 5.91 Å². The summed E-state index contributed by atoms with van der Waals surface area (Å²) in [5.41, 5.74) is 0.970. The van der Waals surface area contributed by atoms with Crippen molar-refractivity contribution in [2.24, 2.45) is 5.92 Å². The van der Waals surface area contributed by atoms with Crippen molar-refractivity contribution in [2.75, 3.05) is 0 Å². The molecule has 3 aromatic rings. The van der Waals surface area contributed by atoms with Crippen LogP contribution in [0.15, 0.2) is 63.8 Å². The van der Waals surface area contributed by atoms with Crippen LogP contribution in [0.1, 0.15) is 24.0 Å². The molecule has 1 aromatic carbocycles. The molecule has 2 atom stereocenters. The molecule has 23 heavy (non-hydrogen) atoms. The molecule has 1 N–H and O–H groups in total. The van der Waals surface area contributed by atoms with Gasteiger partial charge in [-0.2, -0.15) is 0 Å². The Bertz CT molecular complexity index is 793. The van der Waals surface area contributed by atoms with Crippen molar-refractivity contribution in [3.63, 3.8) is 0 Å². The van der Waals surface area contributed by atoms with E-state index in [1.165, 1.54) is 0 Å². The van der Waals surface area contributed by atoms with E-state index in [1.807, 2.05) is 42.5 Å². The van der Waals surface area contributed by atoms with Crippen LogP contribution in [0.4, 0.5) is 0 Å². The van der Waals surface area contributed by atoms with E-state index in [2.05, 4.69) is 10.3 Å². The molecule has 5 nitrogen and oxygen atoms in total. The van der Waals surface area contributed by atoms with E-state index < -0.39 is 0 Å². The Hall–Kier alpha value is -2.82. The molecular weight excluding hydrogens is 292 g/mol. The summed E-state index contributed by atoms with van der Waals surface area (Å²) in [6.07, 6.45) is 4.15. The number of furan rings is 1. The SMILES string of the molecule is O=C(NCc1ncc(-c2ccccc2)o1)[C@@H]1C[C@H]1c1ccco1. The highest BCUT2D eigenvalue weighted by molar-refractivity contribution is 5.82. The number of carbonyl (C=O) groups excluding carboxylic acids is 1. The van der Waals surface area contributed by atoms with Gasteiger partial charge in [0.15, 0.2) is 5.76 Å². The average molecular weight is 308 g/mol. The fourth-order valence-electron chi connectivity index (χ4n) is 2.72.